The van der Waals surface area contributed by atoms with E-state index < -0.39 is 11.4 Å². The third-order valence-corrected chi connectivity index (χ3v) is 5.91. The predicted molar refractivity (Wildman–Crippen MR) is 142 cm³/mol. The molecule has 0 bridgehead atoms. The summed E-state index contributed by atoms with van der Waals surface area (Å²) < 4.78 is 17.4. The van der Waals surface area contributed by atoms with Crippen LogP contribution in [0, 0.1) is 6.92 Å². The van der Waals surface area contributed by atoms with Crippen molar-refractivity contribution >= 4 is 5.91 Å². The number of ether oxygens (including phenoxy) is 2. The largest absolute Gasteiger partial charge is 1.00 e. The molecule has 1 N–H and O–H groups in total. The molecule has 10 heteroatoms. The number of carbonyl (C=O) groups is 1. The van der Waals surface area contributed by atoms with Crippen LogP contribution in [0.2, 0.25) is 0 Å². The molecule has 4 aromatic rings. The Hall–Kier alpha value is -3.53. The summed E-state index contributed by atoms with van der Waals surface area (Å²) in [4.78, 5) is 37.1. The Morgan fingerprint density at radius 3 is 2.44 bits per heavy atom. The van der Waals surface area contributed by atoms with E-state index >= 15 is 0 Å². The van der Waals surface area contributed by atoms with Gasteiger partial charge in [-0.3, -0.25) is 14.3 Å². The van der Waals surface area contributed by atoms with Crippen LogP contribution < -0.4 is 60.8 Å². The molecule has 0 fully saturated rings. The van der Waals surface area contributed by atoms with Gasteiger partial charge >= 0.3 is 35.3 Å². The predicted octanol–water partition coefficient (Wildman–Crippen LogP) is 0.661. The quantitative estimate of drug-likeness (QED) is 0.208. The van der Waals surface area contributed by atoms with Crippen LogP contribution in [0.4, 0.5) is 0 Å². The second-order valence-corrected chi connectivity index (χ2v) is 8.80. The fraction of sp³-hybridized carbons (Fsp3) is 0.276. The summed E-state index contributed by atoms with van der Waals surface area (Å²) in [5.74, 6) is 0.634. The van der Waals surface area contributed by atoms with Gasteiger partial charge in [-0.15, -0.1) is 0 Å². The number of aryl methyl sites for hydroxylation is 1. The summed E-state index contributed by atoms with van der Waals surface area (Å²) in [6.45, 7) is 5.55. The zero-order chi connectivity index (χ0) is 26.9. The third kappa shape index (κ3) is 8.74. The maximum atomic E-state index is 11.5. The van der Waals surface area contributed by atoms with Gasteiger partial charge in [-0.05, 0) is 71.5 Å². The van der Waals surface area contributed by atoms with Gasteiger partial charge in [0.25, 0.3) is 0 Å². The molecule has 39 heavy (non-hydrogen) atoms. The van der Waals surface area contributed by atoms with Crippen LogP contribution in [0.15, 0.2) is 80.8 Å². The van der Waals surface area contributed by atoms with Crippen LogP contribution in [-0.4, -0.2) is 23.8 Å². The van der Waals surface area contributed by atoms with Crippen molar-refractivity contribution < 1.29 is 48.3 Å². The van der Waals surface area contributed by atoms with Crippen molar-refractivity contribution in [3.05, 3.63) is 104 Å². The van der Waals surface area contributed by atoms with Crippen LogP contribution in [0.3, 0.4) is 0 Å². The Labute approximate surface area is 248 Å². The molecule has 1 heterocycles. The van der Waals surface area contributed by atoms with E-state index in [1.807, 2.05) is 31.2 Å². The number of nitrogens with one attached hydrogen (secondary N) is 1. The topological polar surface area (TPSA) is 114 Å². The molecule has 0 saturated heterocycles. The van der Waals surface area contributed by atoms with E-state index in [0.717, 1.165) is 44.7 Å². The summed E-state index contributed by atoms with van der Waals surface area (Å²) in [6.07, 6.45) is 1.24. The van der Waals surface area contributed by atoms with Crippen molar-refractivity contribution in [3.63, 3.8) is 0 Å². The molecular weight excluding hydrogens is 509 g/mol. The van der Waals surface area contributed by atoms with E-state index in [2.05, 4.69) is 35.4 Å². The standard InChI is InChI=1S/C29H31N3O6.Na/c1-3-27(33)30-14-5-15-36-25-12-13-26(20(2)16-25)23-7-4-6-22(17-23)19-37-24-10-8-21(9-11-24)18-32-28(34)31-29(35)38-32;/h4,6-13,16-17H,3,5,14-15,18-19H2,1-2H3,(H2,30,31,33,34,35);/q;+1/p-1. The molecule has 0 aliphatic rings. The van der Waals surface area contributed by atoms with E-state index in [-0.39, 0.29) is 42.0 Å². The van der Waals surface area contributed by atoms with Gasteiger partial charge < -0.3 is 24.3 Å². The average molecular weight is 540 g/mol. The maximum Gasteiger partial charge on any atom is 1.00 e. The molecule has 3 aromatic carbocycles. The van der Waals surface area contributed by atoms with Crippen LogP contribution in [0.5, 0.6) is 11.5 Å². The van der Waals surface area contributed by atoms with Crippen LogP contribution in [-0.2, 0) is 17.9 Å². The summed E-state index contributed by atoms with van der Waals surface area (Å²) in [5, 5.41) is 2.84. The number of rotatable bonds is 12. The molecular formula is C29H30N3NaO6. The van der Waals surface area contributed by atoms with Gasteiger partial charge in [-0.25, -0.2) is 4.79 Å². The van der Waals surface area contributed by atoms with E-state index in [0.29, 0.717) is 31.9 Å². The monoisotopic (exact) mass is 539 g/mol. The molecule has 0 radical (unpaired) electrons. The Balaban J connectivity index is 0.00000420. The molecule has 1 amide bonds. The first-order valence-corrected chi connectivity index (χ1v) is 12.5. The van der Waals surface area contributed by atoms with Crippen LogP contribution in [0.1, 0.15) is 36.5 Å². The van der Waals surface area contributed by atoms with Crippen molar-refractivity contribution in [2.45, 2.75) is 39.8 Å². The third-order valence-electron chi connectivity index (χ3n) is 5.91. The molecule has 0 saturated carbocycles. The van der Waals surface area contributed by atoms with Gasteiger partial charge in [-0.2, -0.15) is 0 Å². The second-order valence-electron chi connectivity index (χ2n) is 8.80. The van der Waals surface area contributed by atoms with Crippen molar-refractivity contribution in [2.24, 2.45) is 0 Å². The molecule has 9 nitrogen and oxygen atoms in total. The SMILES string of the molecule is CCC(=O)NCCCOc1ccc(-c2cccc(COc3ccc(Cn4oc(=O)[n-]c4=O)cc3)c2)c(C)c1.[Na+]. The fourth-order valence-electron chi connectivity index (χ4n) is 3.90. The number of hydrogen-bond acceptors (Lipinski definition) is 6. The summed E-state index contributed by atoms with van der Waals surface area (Å²) in [5.41, 5.74) is 4.40. The van der Waals surface area contributed by atoms with Crippen LogP contribution in [0.25, 0.3) is 11.1 Å². The van der Waals surface area contributed by atoms with Crippen molar-refractivity contribution in [2.75, 3.05) is 13.2 Å². The van der Waals surface area contributed by atoms with E-state index in [1.165, 1.54) is 0 Å². The number of benzene rings is 3. The Kier molecular flexibility index (Phi) is 11.2. The van der Waals surface area contributed by atoms with E-state index in [4.69, 9.17) is 14.0 Å². The zero-order valence-electron chi connectivity index (χ0n) is 22.4. The maximum absolute atomic E-state index is 11.5. The zero-order valence-corrected chi connectivity index (χ0v) is 24.4. The number of amides is 1. The second kappa shape index (κ2) is 14.6. The summed E-state index contributed by atoms with van der Waals surface area (Å²) >= 11 is 0. The van der Waals surface area contributed by atoms with Crippen LogP contribution >= 0.6 is 0 Å². The molecule has 0 aliphatic heterocycles. The molecule has 0 aliphatic carbocycles. The number of carbonyl (C=O) groups excluding carboxylic acids is 1. The Morgan fingerprint density at radius 2 is 1.74 bits per heavy atom. The van der Waals surface area contributed by atoms with Gasteiger partial charge in [0.15, 0.2) is 5.69 Å². The number of hydrogen-bond donors (Lipinski definition) is 1. The first-order valence-electron chi connectivity index (χ1n) is 12.5. The molecule has 0 spiro atoms. The summed E-state index contributed by atoms with van der Waals surface area (Å²) in [7, 11) is 0. The first-order chi connectivity index (χ1) is 18.4. The molecule has 198 valence electrons. The molecule has 4 rings (SSSR count). The Bertz CT molecular complexity index is 1490. The molecule has 1 aromatic heterocycles. The fourth-order valence-corrected chi connectivity index (χ4v) is 3.90. The van der Waals surface area contributed by atoms with Gasteiger partial charge in [0.1, 0.15) is 18.1 Å². The molecule has 0 atom stereocenters. The van der Waals surface area contributed by atoms with E-state index in [9.17, 15) is 14.4 Å². The van der Waals surface area contributed by atoms with Crippen molar-refractivity contribution in [1.82, 2.24) is 15.0 Å². The van der Waals surface area contributed by atoms with Gasteiger partial charge in [0.2, 0.25) is 5.91 Å². The normalized spacial score (nSPS) is 10.5. The van der Waals surface area contributed by atoms with Gasteiger partial charge in [0, 0.05) is 19.5 Å². The van der Waals surface area contributed by atoms with Crippen molar-refractivity contribution in [1.29, 1.82) is 0 Å². The smallest absolute Gasteiger partial charge is 0.494 e. The van der Waals surface area contributed by atoms with Gasteiger partial charge in [-0.1, -0.05) is 43.3 Å². The summed E-state index contributed by atoms with van der Waals surface area (Å²) in [6, 6.07) is 21.4. The minimum absolute atomic E-state index is 0. The number of aromatic nitrogens is 2. The minimum Gasteiger partial charge on any atom is -0.494 e. The Morgan fingerprint density at radius 1 is 0.974 bits per heavy atom. The van der Waals surface area contributed by atoms with Crippen molar-refractivity contribution in [3.8, 4) is 22.6 Å². The average Bonchev–Trinajstić information content (AvgIpc) is 3.24. The van der Waals surface area contributed by atoms with Gasteiger partial charge in [0.05, 0.1) is 6.61 Å². The molecule has 0 unspecified atom stereocenters. The number of nitrogens with zero attached hydrogens (tertiary/aromatic N) is 2. The minimum atomic E-state index is -0.901. The van der Waals surface area contributed by atoms with E-state index in [1.54, 1.807) is 24.3 Å². The first kappa shape index (κ1) is 30.0.